The van der Waals surface area contributed by atoms with Crippen molar-refractivity contribution in [3.8, 4) is 0 Å². The van der Waals surface area contributed by atoms with Crippen LogP contribution in [-0.4, -0.2) is 29.8 Å². The standard InChI is InChI=1S/C22H21Br2NO/c1-15(2)25-13-18(11-16-3-7-20(23)8-4-16)22(26)19(14-25)12-17-5-9-21(24)10-6-17/h3-12,15H,13-14H2,1-2H3. The fraction of sp³-hybridized carbons (Fsp3) is 0.227. The van der Waals surface area contributed by atoms with Crippen LogP contribution in [0.5, 0.6) is 0 Å². The Labute approximate surface area is 171 Å². The van der Waals surface area contributed by atoms with Crippen LogP contribution in [0.15, 0.2) is 68.6 Å². The average molecular weight is 475 g/mol. The SMILES string of the molecule is CC(C)N1CC(=Cc2ccc(Br)cc2)C(=O)C(=Cc2ccc(Br)cc2)C1. The van der Waals surface area contributed by atoms with Crippen LogP contribution in [0.2, 0.25) is 0 Å². The van der Waals surface area contributed by atoms with Crippen LogP contribution in [0.3, 0.4) is 0 Å². The zero-order chi connectivity index (χ0) is 18.7. The second-order valence-corrected chi connectivity index (χ2v) is 8.60. The van der Waals surface area contributed by atoms with Crippen molar-refractivity contribution in [3.05, 3.63) is 79.7 Å². The molecule has 1 fully saturated rings. The van der Waals surface area contributed by atoms with Crippen LogP contribution in [0, 0.1) is 0 Å². The summed E-state index contributed by atoms with van der Waals surface area (Å²) >= 11 is 6.91. The summed E-state index contributed by atoms with van der Waals surface area (Å²) in [7, 11) is 0. The largest absolute Gasteiger partial charge is 0.292 e. The number of nitrogens with zero attached hydrogens (tertiary/aromatic N) is 1. The minimum atomic E-state index is 0.146. The van der Waals surface area contributed by atoms with Crippen LogP contribution in [0.1, 0.15) is 25.0 Å². The number of rotatable bonds is 3. The summed E-state index contributed by atoms with van der Waals surface area (Å²) in [5.74, 6) is 0.146. The highest BCUT2D eigenvalue weighted by molar-refractivity contribution is 9.10. The first kappa shape index (κ1) is 19.3. The van der Waals surface area contributed by atoms with E-state index in [2.05, 4.69) is 50.6 Å². The van der Waals surface area contributed by atoms with Gasteiger partial charge in [-0.1, -0.05) is 56.1 Å². The number of hydrogen-bond donors (Lipinski definition) is 0. The maximum atomic E-state index is 13.1. The monoisotopic (exact) mass is 473 g/mol. The van der Waals surface area contributed by atoms with E-state index < -0.39 is 0 Å². The molecule has 1 aliphatic rings. The second kappa shape index (κ2) is 8.47. The summed E-state index contributed by atoms with van der Waals surface area (Å²) in [5, 5.41) is 0. The maximum absolute atomic E-state index is 13.1. The van der Waals surface area contributed by atoms with Crippen LogP contribution in [-0.2, 0) is 4.79 Å². The minimum Gasteiger partial charge on any atom is -0.292 e. The summed E-state index contributed by atoms with van der Waals surface area (Å²) in [6.07, 6.45) is 4.03. The third-order valence-electron chi connectivity index (χ3n) is 4.48. The molecular formula is C22H21Br2NO. The molecule has 2 aromatic rings. The van der Waals surface area contributed by atoms with Gasteiger partial charge in [0.1, 0.15) is 0 Å². The van der Waals surface area contributed by atoms with Crippen molar-refractivity contribution >= 4 is 49.8 Å². The van der Waals surface area contributed by atoms with Gasteiger partial charge < -0.3 is 0 Å². The van der Waals surface area contributed by atoms with E-state index in [9.17, 15) is 4.79 Å². The van der Waals surface area contributed by atoms with Gasteiger partial charge in [-0.15, -0.1) is 0 Å². The molecule has 3 rings (SSSR count). The summed E-state index contributed by atoms with van der Waals surface area (Å²) in [6, 6.07) is 16.5. The molecule has 1 saturated heterocycles. The smallest absolute Gasteiger partial charge is 0.187 e. The van der Waals surface area contributed by atoms with Gasteiger partial charge in [-0.25, -0.2) is 0 Å². The Morgan fingerprint density at radius 1 is 0.808 bits per heavy atom. The molecule has 2 nitrogen and oxygen atoms in total. The number of carbonyl (C=O) groups is 1. The zero-order valence-electron chi connectivity index (χ0n) is 14.9. The molecule has 2 aromatic carbocycles. The molecule has 0 atom stereocenters. The second-order valence-electron chi connectivity index (χ2n) is 6.77. The molecule has 0 radical (unpaired) electrons. The normalized spacial score (nSPS) is 18.9. The number of carbonyl (C=O) groups excluding carboxylic acids is 1. The van der Waals surface area contributed by atoms with E-state index in [0.717, 1.165) is 31.2 Å². The lowest BCUT2D eigenvalue weighted by Gasteiger charge is -2.32. The summed E-state index contributed by atoms with van der Waals surface area (Å²) in [6.45, 7) is 5.71. The molecule has 0 aliphatic carbocycles. The Balaban J connectivity index is 1.95. The Hall–Kier alpha value is -1.49. The lowest BCUT2D eigenvalue weighted by atomic mass is 9.93. The van der Waals surface area contributed by atoms with Gasteiger partial charge in [0.15, 0.2) is 5.78 Å². The number of Topliss-reactive ketones (excluding diaryl/α,β-unsaturated/α-hetero) is 1. The first-order valence-corrected chi connectivity index (χ1v) is 10.2. The van der Waals surface area contributed by atoms with Crippen molar-refractivity contribution in [1.82, 2.24) is 4.90 Å². The molecule has 0 saturated carbocycles. The van der Waals surface area contributed by atoms with Gasteiger partial charge >= 0.3 is 0 Å². The van der Waals surface area contributed by atoms with E-state index in [4.69, 9.17) is 0 Å². The Morgan fingerprint density at radius 2 is 1.19 bits per heavy atom. The molecule has 4 heteroatoms. The third-order valence-corrected chi connectivity index (χ3v) is 5.54. The number of piperidine rings is 1. The lowest BCUT2D eigenvalue weighted by Crippen LogP contribution is -2.41. The van der Waals surface area contributed by atoms with Crippen molar-refractivity contribution in [2.45, 2.75) is 19.9 Å². The van der Waals surface area contributed by atoms with Crippen molar-refractivity contribution in [1.29, 1.82) is 0 Å². The molecule has 0 aromatic heterocycles. The molecule has 1 aliphatic heterocycles. The minimum absolute atomic E-state index is 0.146. The highest BCUT2D eigenvalue weighted by atomic mass is 79.9. The van der Waals surface area contributed by atoms with Gasteiger partial charge in [0.05, 0.1) is 0 Å². The van der Waals surface area contributed by atoms with Gasteiger partial charge in [0, 0.05) is 39.2 Å². The van der Waals surface area contributed by atoms with Gasteiger partial charge in [-0.3, -0.25) is 9.69 Å². The van der Waals surface area contributed by atoms with E-state index in [1.54, 1.807) is 0 Å². The van der Waals surface area contributed by atoms with E-state index >= 15 is 0 Å². The van der Waals surface area contributed by atoms with E-state index in [1.165, 1.54) is 0 Å². The molecule has 0 unspecified atom stereocenters. The van der Waals surface area contributed by atoms with E-state index in [-0.39, 0.29) is 5.78 Å². The van der Waals surface area contributed by atoms with Crippen molar-refractivity contribution in [2.75, 3.05) is 13.1 Å². The predicted octanol–water partition coefficient (Wildman–Crippen LogP) is 5.97. The number of halogens is 2. The number of likely N-dealkylation sites (tertiary alicyclic amines) is 1. The quantitative estimate of drug-likeness (QED) is 0.510. The highest BCUT2D eigenvalue weighted by Gasteiger charge is 2.27. The van der Waals surface area contributed by atoms with Crippen molar-refractivity contribution in [2.24, 2.45) is 0 Å². The van der Waals surface area contributed by atoms with Gasteiger partial charge in [0.25, 0.3) is 0 Å². The average Bonchev–Trinajstić information content (AvgIpc) is 2.62. The number of ketones is 1. The Morgan fingerprint density at radius 3 is 1.54 bits per heavy atom. The first-order valence-electron chi connectivity index (χ1n) is 8.63. The molecule has 134 valence electrons. The summed E-state index contributed by atoms with van der Waals surface area (Å²) in [4.78, 5) is 15.4. The van der Waals surface area contributed by atoms with Crippen LogP contribution in [0.25, 0.3) is 12.2 Å². The Kier molecular flexibility index (Phi) is 6.28. The molecule has 0 spiro atoms. The van der Waals surface area contributed by atoms with Crippen LogP contribution >= 0.6 is 31.9 Å². The topological polar surface area (TPSA) is 20.3 Å². The zero-order valence-corrected chi connectivity index (χ0v) is 18.0. The summed E-state index contributed by atoms with van der Waals surface area (Å²) in [5.41, 5.74) is 3.78. The van der Waals surface area contributed by atoms with Crippen LogP contribution < -0.4 is 0 Å². The fourth-order valence-electron chi connectivity index (χ4n) is 2.95. The Bertz CT molecular complexity index is 781. The molecular weight excluding hydrogens is 454 g/mol. The predicted molar refractivity (Wildman–Crippen MR) is 116 cm³/mol. The summed E-state index contributed by atoms with van der Waals surface area (Å²) < 4.78 is 2.07. The van der Waals surface area contributed by atoms with Crippen molar-refractivity contribution in [3.63, 3.8) is 0 Å². The highest BCUT2D eigenvalue weighted by Crippen LogP contribution is 2.24. The number of benzene rings is 2. The van der Waals surface area contributed by atoms with E-state index in [1.807, 2.05) is 60.7 Å². The van der Waals surface area contributed by atoms with Crippen LogP contribution in [0.4, 0.5) is 0 Å². The van der Waals surface area contributed by atoms with Gasteiger partial charge in [-0.05, 0) is 61.4 Å². The third kappa shape index (κ3) is 4.81. The fourth-order valence-corrected chi connectivity index (χ4v) is 3.48. The molecule has 0 amide bonds. The van der Waals surface area contributed by atoms with E-state index in [0.29, 0.717) is 19.1 Å². The molecule has 1 heterocycles. The molecule has 26 heavy (non-hydrogen) atoms. The molecule has 0 bridgehead atoms. The molecule has 0 N–H and O–H groups in total. The maximum Gasteiger partial charge on any atom is 0.187 e. The first-order chi connectivity index (χ1) is 12.4. The van der Waals surface area contributed by atoms with Gasteiger partial charge in [-0.2, -0.15) is 0 Å². The number of hydrogen-bond acceptors (Lipinski definition) is 2. The lowest BCUT2D eigenvalue weighted by molar-refractivity contribution is -0.113. The van der Waals surface area contributed by atoms with Gasteiger partial charge in [0.2, 0.25) is 0 Å². The van der Waals surface area contributed by atoms with Crippen molar-refractivity contribution < 1.29 is 4.79 Å².